The van der Waals surface area contributed by atoms with E-state index >= 15 is 0 Å². The lowest BCUT2D eigenvalue weighted by Crippen LogP contribution is -2.26. The van der Waals surface area contributed by atoms with Gasteiger partial charge in [-0.15, -0.1) is 0 Å². The Kier molecular flexibility index (Phi) is 3.97. The highest BCUT2D eigenvalue weighted by Gasteiger charge is 2.21. The van der Waals surface area contributed by atoms with E-state index in [-0.39, 0.29) is 16.5 Å². The fraction of sp³-hybridized carbons (Fsp3) is 0.0625. The minimum atomic E-state index is -1.43. The van der Waals surface area contributed by atoms with Crippen LogP contribution in [-0.4, -0.2) is 44.2 Å². The molecule has 0 aliphatic carbocycles. The number of carboxylic acids is 1. The molecule has 1 aromatic carbocycles. The monoisotopic (exact) mass is 361 g/mol. The molecule has 9 heteroatoms. The van der Waals surface area contributed by atoms with Gasteiger partial charge in [-0.05, 0) is 24.3 Å². The third-order valence-electron chi connectivity index (χ3n) is 3.67. The van der Waals surface area contributed by atoms with Gasteiger partial charge in [-0.25, -0.2) is 9.78 Å². The summed E-state index contributed by atoms with van der Waals surface area (Å²) in [7, 11) is 1.41. The molecule has 2 aromatic heterocycles. The van der Waals surface area contributed by atoms with Gasteiger partial charge in [-0.3, -0.25) is 4.79 Å². The number of amides is 1. The van der Waals surface area contributed by atoms with Crippen LogP contribution in [0.1, 0.15) is 20.8 Å². The van der Waals surface area contributed by atoms with Gasteiger partial charge in [0.05, 0.1) is 11.0 Å². The van der Waals surface area contributed by atoms with Crippen molar-refractivity contribution in [1.82, 2.24) is 9.97 Å². The predicted octanol–water partition coefficient (Wildman–Crippen LogP) is 2.60. The van der Waals surface area contributed by atoms with Crippen LogP contribution >= 0.6 is 11.6 Å². The predicted molar refractivity (Wildman–Crippen MR) is 90.6 cm³/mol. The van der Waals surface area contributed by atoms with Crippen molar-refractivity contribution >= 4 is 40.2 Å². The van der Waals surface area contributed by atoms with E-state index in [1.165, 1.54) is 13.1 Å². The van der Waals surface area contributed by atoms with Crippen LogP contribution in [0.2, 0.25) is 5.15 Å². The molecule has 0 fully saturated rings. The lowest BCUT2D eigenvalue weighted by molar-refractivity contribution is 0.0692. The molecule has 25 heavy (non-hydrogen) atoms. The molecule has 0 saturated carbocycles. The number of carbonyl (C=O) groups excluding carboxylic acids is 1. The lowest BCUT2D eigenvalue weighted by Gasteiger charge is -2.18. The van der Waals surface area contributed by atoms with Crippen LogP contribution < -0.4 is 4.90 Å². The van der Waals surface area contributed by atoms with E-state index in [9.17, 15) is 19.8 Å². The molecular weight excluding hydrogens is 350 g/mol. The van der Waals surface area contributed by atoms with Gasteiger partial charge in [0.2, 0.25) is 0 Å². The Bertz CT molecular complexity index is 1010. The number of halogens is 1. The number of rotatable bonds is 3. The number of nitrogens with one attached hydrogen (secondary N) is 1. The van der Waals surface area contributed by atoms with Crippen molar-refractivity contribution in [2.75, 3.05) is 11.9 Å². The minimum Gasteiger partial charge on any atom is -0.504 e. The third-order valence-corrected chi connectivity index (χ3v) is 3.88. The number of aromatic carboxylic acids is 1. The summed E-state index contributed by atoms with van der Waals surface area (Å²) in [5.74, 6) is -3.32. The summed E-state index contributed by atoms with van der Waals surface area (Å²) in [4.78, 5) is 31.9. The Morgan fingerprint density at radius 2 is 1.92 bits per heavy atom. The first kappa shape index (κ1) is 16.6. The summed E-state index contributed by atoms with van der Waals surface area (Å²) in [5.41, 5.74) is 0.906. The number of fused-ring (bicyclic) bond motifs is 1. The van der Waals surface area contributed by atoms with Crippen molar-refractivity contribution in [3.8, 4) is 11.5 Å². The standard InChI is InChI=1S/C16H12ClN3O5/c1-20(7-4-8(16(24)25)14(22)12(21)5-7)15(23)11-6-10-9(18-11)2-3-13(17)19-10/h2-6,18,21-22H,1H3,(H,24,25). The highest BCUT2D eigenvalue weighted by Crippen LogP contribution is 2.34. The molecule has 0 bridgehead atoms. The SMILES string of the molecule is CN(C(=O)c1cc2nc(Cl)ccc2[nH]1)c1cc(O)c(O)c(C(=O)O)c1. The minimum absolute atomic E-state index is 0.0994. The number of hydrogen-bond donors (Lipinski definition) is 4. The molecule has 0 radical (unpaired) electrons. The van der Waals surface area contributed by atoms with Crippen molar-refractivity contribution < 1.29 is 24.9 Å². The van der Waals surface area contributed by atoms with E-state index in [1.807, 2.05) is 0 Å². The number of hydrogen-bond acceptors (Lipinski definition) is 5. The molecule has 8 nitrogen and oxygen atoms in total. The zero-order valence-corrected chi connectivity index (χ0v) is 13.6. The first-order chi connectivity index (χ1) is 11.8. The molecule has 4 N–H and O–H groups in total. The number of aromatic hydroxyl groups is 2. The van der Waals surface area contributed by atoms with Gasteiger partial charge in [-0.2, -0.15) is 0 Å². The molecule has 2 heterocycles. The number of phenolic OH excluding ortho intramolecular Hbond substituents is 1. The zero-order valence-electron chi connectivity index (χ0n) is 12.8. The topological polar surface area (TPSA) is 127 Å². The summed E-state index contributed by atoms with van der Waals surface area (Å²) < 4.78 is 0. The maximum Gasteiger partial charge on any atom is 0.339 e. The average Bonchev–Trinajstić information content (AvgIpc) is 2.98. The normalized spacial score (nSPS) is 10.8. The van der Waals surface area contributed by atoms with E-state index in [0.29, 0.717) is 11.0 Å². The van der Waals surface area contributed by atoms with Crippen LogP contribution in [0.5, 0.6) is 11.5 Å². The second kappa shape index (κ2) is 5.99. The fourth-order valence-electron chi connectivity index (χ4n) is 2.36. The van der Waals surface area contributed by atoms with Crippen LogP contribution in [0.4, 0.5) is 5.69 Å². The maximum absolute atomic E-state index is 12.6. The average molecular weight is 362 g/mol. The summed E-state index contributed by atoms with van der Waals surface area (Å²) in [5, 5.41) is 28.6. The summed E-state index contributed by atoms with van der Waals surface area (Å²) in [6.45, 7) is 0. The van der Waals surface area contributed by atoms with Crippen molar-refractivity contribution in [3.05, 3.63) is 46.7 Å². The highest BCUT2D eigenvalue weighted by molar-refractivity contribution is 6.29. The number of carboxylic acid groups (broad SMARTS) is 1. The quantitative estimate of drug-likeness (QED) is 0.419. The number of H-pyrrole nitrogens is 1. The molecule has 0 atom stereocenters. The van der Waals surface area contributed by atoms with E-state index in [0.717, 1.165) is 17.0 Å². The Labute approximate surface area is 145 Å². The molecule has 0 aliphatic heterocycles. The van der Waals surface area contributed by atoms with E-state index in [1.54, 1.807) is 12.1 Å². The van der Waals surface area contributed by atoms with Crippen LogP contribution in [-0.2, 0) is 0 Å². The number of pyridine rings is 1. The molecule has 0 spiro atoms. The number of anilines is 1. The molecule has 3 rings (SSSR count). The number of benzene rings is 1. The van der Waals surface area contributed by atoms with Crippen LogP contribution in [0, 0.1) is 0 Å². The van der Waals surface area contributed by atoms with Crippen molar-refractivity contribution in [2.45, 2.75) is 0 Å². The third kappa shape index (κ3) is 2.94. The Hall–Kier alpha value is -3.26. The summed E-state index contributed by atoms with van der Waals surface area (Å²) in [6.07, 6.45) is 0. The van der Waals surface area contributed by atoms with Gasteiger partial charge in [0.25, 0.3) is 5.91 Å². The van der Waals surface area contributed by atoms with Gasteiger partial charge in [0.15, 0.2) is 11.5 Å². The lowest BCUT2D eigenvalue weighted by atomic mass is 10.1. The number of carbonyl (C=O) groups is 2. The fourth-order valence-corrected chi connectivity index (χ4v) is 2.51. The van der Waals surface area contributed by atoms with Crippen molar-refractivity contribution in [3.63, 3.8) is 0 Å². The van der Waals surface area contributed by atoms with Crippen LogP contribution in [0.25, 0.3) is 11.0 Å². The molecule has 3 aromatic rings. The highest BCUT2D eigenvalue weighted by atomic mass is 35.5. The number of nitrogens with zero attached hydrogens (tertiary/aromatic N) is 2. The first-order valence-corrected chi connectivity index (χ1v) is 7.38. The molecule has 1 amide bonds. The Balaban J connectivity index is 2.00. The Morgan fingerprint density at radius 3 is 2.60 bits per heavy atom. The van der Waals surface area contributed by atoms with Gasteiger partial charge >= 0.3 is 5.97 Å². The van der Waals surface area contributed by atoms with E-state index < -0.39 is 28.9 Å². The summed E-state index contributed by atoms with van der Waals surface area (Å²) in [6, 6.07) is 6.95. The number of phenols is 2. The smallest absolute Gasteiger partial charge is 0.339 e. The van der Waals surface area contributed by atoms with Crippen LogP contribution in [0.3, 0.4) is 0 Å². The van der Waals surface area contributed by atoms with Gasteiger partial charge in [-0.1, -0.05) is 11.6 Å². The first-order valence-electron chi connectivity index (χ1n) is 7.00. The Morgan fingerprint density at radius 1 is 1.20 bits per heavy atom. The molecular formula is C16H12ClN3O5. The number of aromatic nitrogens is 2. The molecule has 0 saturated heterocycles. The molecule has 0 unspecified atom stereocenters. The maximum atomic E-state index is 12.6. The van der Waals surface area contributed by atoms with E-state index in [4.69, 9.17) is 16.7 Å². The second-order valence-electron chi connectivity index (χ2n) is 5.28. The van der Waals surface area contributed by atoms with Gasteiger partial charge in [0.1, 0.15) is 16.4 Å². The number of aromatic amines is 1. The van der Waals surface area contributed by atoms with E-state index in [2.05, 4.69) is 9.97 Å². The molecule has 0 aliphatic rings. The van der Waals surface area contributed by atoms with Crippen molar-refractivity contribution in [2.24, 2.45) is 0 Å². The zero-order chi connectivity index (χ0) is 18.3. The van der Waals surface area contributed by atoms with Crippen molar-refractivity contribution in [1.29, 1.82) is 0 Å². The van der Waals surface area contributed by atoms with Crippen LogP contribution in [0.15, 0.2) is 30.3 Å². The molecule has 128 valence electrons. The van der Waals surface area contributed by atoms with Gasteiger partial charge in [0, 0.05) is 18.8 Å². The largest absolute Gasteiger partial charge is 0.504 e. The second-order valence-corrected chi connectivity index (χ2v) is 5.67. The summed E-state index contributed by atoms with van der Waals surface area (Å²) >= 11 is 5.82. The van der Waals surface area contributed by atoms with Gasteiger partial charge < -0.3 is 25.2 Å².